The highest BCUT2D eigenvalue weighted by molar-refractivity contribution is 6.02. The summed E-state index contributed by atoms with van der Waals surface area (Å²) in [6.45, 7) is 10.6. The van der Waals surface area contributed by atoms with Gasteiger partial charge in [-0.1, -0.05) is 5.57 Å². The molecule has 0 radical (unpaired) electrons. The second-order valence-corrected chi connectivity index (χ2v) is 3.71. The van der Waals surface area contributed by atoms with Crippen LogP contribution < -0.4 is 11.1 Å². The average Bonchev–Trinajstić information content (AvgIpc) is 2.75. The second kappa shape index (κ2) is 3.45. The molecule has 0 unspecified atom stereocenters. The normalized spacial score (nSPS) is 10.4. The monoisotopic (exact) mass is 231 g/mol. The fourth-order valence-electron chi connectivity index (χ4n) is 1.78. The number of carboxylic acids is 1. The Labute approximate surface area is 96.0 Å². The van der Waals surface area contributed by atoms with E-state index in [9.17, 15) is 4.79 Å². The highest BCUT2D eigenvalue weighted by atomic mass is 16.4. The first kappa shape index (κ1) is 10.9. The number of rotatable bonds is 1. The Hall–Kier alpha value is -2.62. The van der Waals surface area contributed by atoms with Crippen LogP contribution in [0.15, 0.2) is 0 Å². The molecule has 0 aliphatic carbocycles. The van der Waals surface area contributed by atoms with Gasteiger partial charge in [-0.15, -0.1) is 10.2 Å². The molecular formula is C10H9N5O2. The van der Waals surface area contributed by atoms with Gasteiger partial charge in [0.15, 0.2) is 5.65 Å². The smallest absolute Gasteiger partial charge is 0.329 e. The van der Waals surface area contributed by atoms with Gasteiger partial charge in [0.05, 0.1) is 11.9 Å². The van der Waals surface area contributed by atoms with Gasteiger partial charge in [-0.05, 0) is 13.8 Å². The summed E-state index contributed by atoms with van der Waals surface area (Å²) >= 11 is 0. The van der Waals surface area contributed by atoms with Crippen molar-refractivity contribution in [1.29, 1.82) is 0 Å². The van der Waals surface area contributed by atoms with Gasteiger partial charge >= 0.3 is 5.97 Å². The maximum atomic E-state index is 11.2. The van der Waals surface area contributed by atoms with Crippen LogP contribution in [0.3, 0.4) is 0 Å². The molecule has 0 aromatic carbocycles. The third-order valence-electron chi connectivity index (χ3n) is 2.40. The quantitative estimate of drug-likeness (QED) is 0.695. The fraction of sp³-hybridized carbons (Fsp3) is 0.200. The van der Waals surface area contributed by atoms with Crippen molar-refractivity contribution in [2.24, 2.45) is 0 Å². The van der Waals surface area contributed by atoms with Crippen molar-refractivity contribution in [1.82, 2.24) is 14.6 Å². The van der Waals surface area contributed by atoms with Gasteiger partial charge in [-0.25, -0.2) is 9.64 Å². The molecule has 0 bridgehead atoms. The Morgan fingerprint density at radius 1 is 1.47 bits per heavy atom. The van der Waals surface area contributed by atoms with Crippen LogP contribution in [-0.4, -0.2) is 25.7 Å². The fourth-order valence-corrected chi connectivity index (χ4v) is 1.78. The Bertz CT molecular complexity index is 718. The van der Waals surface area contributed by atoms with Crippen LogP contribution >= 0.6 is 0 Å². The number of aromatic nitrogens is 3. The van der Waals surface area contributed by atoms with Crippen LogP contribution in [0.25, 0.3) is 16.1 Å². The number of anilines is 1. The van der Waals surface area contributed by atoms with Crippen LogP contribution in [0.2, 0.25) is 0 Å². The first-order valence-electron chi connectivity index (χ1n) is 4.73. The first-order chi connectivity index (χ1) is 7.99. The van der Waals surface area contributed by atoms with Crippen LogP contribution in [0.5, 0.6) is 0 Å². The zero-order valence-electron chi connectivity index (χ0n) is 9.22. The number of nitrogens with zero attached hydrogens (tertiary/aromatic N) is 4. The molecule has 0 aliphatic heterocycles. The van der Waals surface area contributed by atoms with Crippen molar-refractivity contribution in [3.05, 3.63) is 22.3 Å². The zero-order chi connectivity index (χ0) is 12.7. The average molecular weight is 231 g/mol. The molecule has 2 rings (SSSR count). The Morgan fingerprint density at radius 3 is 2.59 bits per heavy atom. The van der Waals surface area contributed by atoms with E-state index in [-0.39, 0.29) is 22.8 Å². The minimum absolute atomic E-state index is 0.0501. The van der Waals surface area contributed by atoms with Gasteiger partial charge in [0.25, 0.3) is 0 Å². The third kappa shape index (κ3) is 1.31. The van der Waals surface area contributed by atoms with E-state index in [0.717, 1.165) is 5.57 Å². The standard InChI is InChI=1S/C10H9N5O2/c1-4(2)7-6(12-3)5(9(16)17)8-13-14-10(11)15(7)8/h1-2H3,(H2,11,14)(H,16,17). The summed E-state index contributed by atoms with van der Waals surface area (Å²) in [5.74, 6) is -1.13. The predicted octanol–water partition coefficient (Wildman–Crippen LogP) is 0.470. The summed E-state index contributed by atoms with van der Waals surface area (Å²) in [4.78, 5) is 14.4. The molecule has 17 heavy (non-hydrogen) atoms. The van der Waals surface area contributed by atoms with Gasteiger partial charge in [0, 0.05) is 0 Å². The largest absolute Gasteiger partial charge is 0.478 e. The summed E-state index contributed by atoms with van der Waals surface area (Å²) in [5.41, 5.74) is 6.42. The van der Waals surface area contributed by atoms with Gasteiger partial charge in [-0.3, -0.25) is 4.40 Å². The van der Waals surface area contributed by atoms with E-state index in [1.54, 1.807) is 13.8 Å². The molecular weight excluding hydrogens is 222 g/mol. The van der Waals surface area contributed by atoms with Gasteiger partial charge in [-0.2, -0.15) is 0 Å². The lowest BCUT2D eigenvalue weighted by Gasteiger charge is -1.93. The zero-order valence-corrected chi connectivity index (χ0v) is 9.22. The van der Waals surface area contributed by atoms with Crippen molar-refractivity contribution in [2.45, 2.75) is 13.8 Å². The van der Waals surface area contributed by atoms with Crippen molar-refractivity contribution in [3.63, 3.8) is 0 Å². The highest BCUT2D eigenvalue weighted by Crippen LogP contribution is 2.22. The van der Waals surface area contributed by atoms with Gasteiger partial charge in [0.1, 0.15) is 5.56 Å². The number of carbonyl (C=O) groups is 1. The molecule has 0 saturated heterocycles. The van der Waals surface area contributed by atoms with Crippen LogP contribution in [0, 0.1) is 6.57 Å². The van der Waals surface area contributed by atoms with Gasteiger partial charge in [0.2, 0.25) is 11.6 Å². The number of hydrogen-bond donors (Lipinski definition) is 2. The molecule has 0 fully saturated rings. The van der Waals surface area contributed by atoms with E-state index in [2.05, 4.69) is 15.0 Å². The third-order valence-corrected chi connectivity index (χ3v) is 2.40. The number of aromatic carboxylic acids is 1. The van der Waals surface area contributed by atoms with Crippen molar-refractivity contribution in [2.75, 3.05) is 5.73 Å². The number of carboxylic acid groups (broad SMARTS) is 1. The van der Waals surface area contributed by atoms with Crippen molar-refractivity contribution >= 4 is 28.8 Å². The lowest BCUT2D eigenvalue weighted by Crippen LogP contribution is -2.13. The predicted molar refractivity (Wildman–Crippen MR) is 60.6 cm³/mol. The molecule has 3 N–H and O–H groups in total. The maximum Gasteiger partial charge on any atom is 0.329 e. The summed E-state index contributed by atoms with van der Waals surface area (Å²) < 4.78 is 1.39. The van der Waals surface area contributed by atoms with E-state index >= 15 is 0 Å². The molecule has 0 aliphatic rings. The van der Waals surface area contributed by atoms with E-state index in [0.29, 0.717) is 5.35 Å². The molecule has 0 spiro atoms. The summed E-state index contributed by atoms with van der Waals surface area (Å²) in [6, 6.07) is 0. The Morgan fingerprint density at radius 2 is 2.12 bits per heavy atom. The number of hydrogen-bond acceptors (Lipinski definition) is 4. The van der Waals surface area contributed by atoms with Crippen LogP contribution in [0.4, 0.5) is 11.6 Å². The molecule has 86 valence electrons. The first-order valence-corrected chi connectivity index (χ1v) is 4.73. The molecule has 2 heterocycles. The number of nitrogens with two attached hydrogens (primary N) is 1. The molecule has 0 atom stereocenters. The Balaban J connectivity index is 3.19. The number of nitrogen functional groups attached to an aromatic ring is 1. The van der Waals surface area contributed by atoms with Crippen LogP contribution in [0.1, 0.15) is 24.2 Å². The second-order valence-electron chi connectivity index (χ2n) is 3.71. The molecule has 0 amide bonds. The molecule has 2 aromatic rings. The lowest BCUT2D eigenvalue weighted by molar-refractivity contribution is 0.0700. The van der Waals surface area contributed by atoms with E-state index < -0.39 is 5.97 Å². The summed E-state index contributed by atoms with van der Waals surface area (Å²) in [6.07, 6.45) is 0. The summed E-state index contributed by atoms with van der Waals surface area (Å²) in [7, 11) is 0. The molecule has 0 saturated carbocycles. The van der Waals surface area contributed by atoms with E-state index in [1.807, 2.05) is 0 Å². The number of fused-ring (bicyclic) bond motifs is 1. The topological polar surface area (TPSA) is 97.9 Å². The molecule has 2 aromatic heterocycles. The Kier molecular flexibility index (Phi) is 2.21. The van der Waals surface area contributed by atoms with E-state index in [1.165, 1.54) is 4.40 Å². The molecule has 7 nitrogen and oxygen atoms in total. The maximum absolute atomic E-state index is 11.2. The minimum Gasteiger partial charge on any atom is -0.478 e. The van der Waals surface area contributed by atoms with Gasteiger partial charge < -0.3 is 10.8 Å². The highest BCUT2D eigenvalue weighted by Gasteiger charge is 2.24. The van der Waals surface area contributed by atoms with Crippen LogP contribution in [-0.2, 0) is 0 Å². The van der Waals surface area contributed by atoms with Crippen molar-refractivity contribution < 1.29 is 9.90 Å². The minimum atomic E-state index is -1.21. The SMILES string of the molecule is [C-]#[N+]c1c(C(=O)O)c2nnc(N)n2c1=C(C)C. The lowest BCUT2D eigenvalue weighted by atomic mass is 10.2. The summed E-state index contributed by atoms with van der Waals surface area (Å²) in [5, 5.41) is 16.9. The molecule has 7 heteroatoms. The van der Waals surface area contributed by atoms with E-state index in [4.69, 9.17) is 17.4 Å². The van der Waals surface area contributed by atoms with Crippen molar-refractivity contribution in [3.8, 4) is 0 Å².